The summed E-state index contributed by atoms with van der Waals surface area (Å²) in [6.45, 7) is 1.32. The van der Waals surface area contributed by atoms with Crippen LogP contribution in [0.3, 0.4) is 0 Å². The molecular weight excluding hydrogens is 336 g/mol. The Hall–Kier alpha value is -3.09. The Morgan fingerprint density at radius 1 is 1.19 bits per heavy atom. The van der Waals surface area contributed by atoms with E-state index < -0.39 is 12.0 Å². The van der Waals surface area contributed by atoms with Crippen LogP contribution in [-0.4, -0.2) is 30.1 Å². The van der Waals surface area contributed by atoms with Gasteiger partial charge in [0.05, 0.1) is 12.3 Å². The number of ether oxygens (including phenoxy) is 3. The number of amides is 1. The molecule has 7 heteroatoms. The van der Waals surface area contributed by atoms with Crippen molar-refractivity contribution in [2.45, 2.75) is 19.1 Å². The van der Waals surface area contributed by atoms with Gasteiger partial charge in [-0.2, -0.15) is 0 Å². The van der Waals surface area contributed by atoms with Gasteiger partial charge in [-0.15, -0.1) is 0 Å². The summed E-state index contributed by atoms with van der Waals surface area (Å²) < 4.78 is 16.5. The lowest BCUT2D eigenvalue weighted by Gasteiger charge is -2.22. The second kappa shape index (κ2) is 7.03. The van der Waals surface area contributed by atoms with Crippen LogP contribution in [0.5, 0.6) is 11.5 Å². The molecule has 4 rings (SSSR count). The van der Waals surface area contributed by atoms with Crippen LogP contribution in [0, 0.1) is 5.92 Å². The van der Waals surface area contributed by atoms with Crippen LogP contribution in [0.2, 0.25) is 0 Å². The lowest BCUT2D eigenvalue weighted by Crippen LogP contribution is -2.32. The van der Waals surface area contributed by atoms with Crippen molar-refractivity contribution in [3.05, 3.63) is 53.9 Å². The number of hydrogen-bond donors (Lipinski definition) is 1. The zero-order valence-corrected chi connectivity index (χ0v) is 14.0. The Bertz CT molecular complexity index is 824. The zero-order chi connectivity index (χ0) is 17.9. The highest BCUT2D eigenvalue weighted by Crippen LogP contribution is 2.40. The summed E-state index contributed by atoms with van der Waals surface area (Å²) in [5.74, 6) is 0.0702. The first-order valence-electron chi connectivity index (χ1n) is 8.46. The Labute approximate surface area is 150 Å². The van der Waals surface area contributed by atoms with Gasteiger partial charge in [-0.25, -0.2) is 0 Å². The minimum atomic E-state index is -0.632. The molecule has 2 atom stereocenters. The number of fused-ring (bicyclic) bond motifs is 1. The minimum Gasteiger partial charge on any atom is -0.486 e. The minimum absolute atomic E-state index is 0.0536. The van der Waals surface area contributed by atoms with E-state index in [-0.39, 0.29) is 18.3 Å². The quantitative estimate of drug-likeness (QED) is 0.842. The average molecular weight is 354 g/mol. The van der Waals surface area contributed by atoms with Crippen LogP contribution in [0.25, 0.3) is 0 Å². The van der Waals surface area contributed by atoms with Gasteiger partial charge < -0.3 is 19.5 Å². The van der Waals surface area contributed by atoms with Gasteiger partial charge in [0.25, 0.3) is 0 Å². The van der Waals surface area contributed by atoms with Crippen molar-refractivity contribution in [1.82, 2.24) is 10.3 Å². The number of aromatic nitrogens is 1. The van der Waals surface area contributed by atoms with E-state index in [2.05, 4.69) is 10.3 Å². The highest BCUT2D eigenvalue weighted by Gasteiger charge is 2.41. The first-order valence-corrected chi connectivity index (χ1v) is 8.46. The number of nitrogens with one attached hydrogen (secondary N) is 1. The zero-order valence-electron chi connectivity index (χ0n) is 14.0. The number of cyclic esters (lactones) is 1. The van der Waals surface area contributed by atoms with Gasteiger partial charge in [0.2, 0.25) is 5.91 Å². The molecule has 0 unspecified atom stereocenters. The van der Waals surface area contributed by atoms with E-state index >= 15 is 0 Å². The number of rotatable bonds is 4. The molecule has 2 aliphatic heterocycles. The van der Waals surface area contributed by atoms with Gasteiger partial charge in [0.1, 0.15) is 19.3 Å². The first kappa shape index (κ1) is 16.4. The molecule has 1 N–H and O–H groups in total. The standard InChI is InChI=1S/C19H18N2O5/c22-17-9-14(19(23)21-11-12-2-1-5-20-10-12)18(26-17)13-3-4-15-16(8-13)25-7-6-24-15/h1-5,8,10,14,18H,6-7,9,11H2,(H,21,23)/t14-,18+/m1/s1. The molecule has 0 radical (unpaired) electrons. The Morgan fingerprint density at radius 2 is 2.04 bits per heavy atom. The topological polar surface area (TPSA) is 86.8 Å². The van der Waals surface area contributed by atoms with E-state index in [0.717, 1.165) is 11.1 Å². The highest BCUT2D eigenvalue weighted by molar-refractivity contribution is 5.87. The van der Waals surface area contributed by atoms with Gasteiger partial charge in [-0.1, -0.05) is 12.1 Å². The molecule has 26 heavy (non-hydrogen) atoms. The molecule has 1 aromatic heterocycles. The summed E-state index contributed by atoms with van der Waals surface area (Å²) in [6, 6.07) is 9.04. The second-order valence-corrected chi connectivity index (χ2v) is 6.20. The van der Waals surface area contributed by atoms with E-state index in [4.69, 9.17) is 14.2 Å². The van der Waals surface area contributed by atoms with E-state index in [9.17, 15) is 9.59 Å². The molecule has 0 saturated carbocycles. The molecular formula is C19H18N2O5. The molecule has 1 aromatic carbocycles. The summed E-state index contributed by atoms with van der Waals surface area (Å²) in [5, 5.41) is 2.86. The van der Waals surface area contributed by atoms with Crippen molar-refractivity contribution in [3.63, 3.8) is 0 Å². The molecule has 134 valence electrons. The molecule has 2 aromatic rings. The lowest BCUT2D eigenvalue weighted by atomic mass is 9.94. The third-order valence-corrected chi connectivity index (χ3v) is 4.43. The summed E-state index contributed by atoms with van der Waals surface area (Å²) in [5.41, 5.74) is 1.61. The molecule has 0 spiro atoms. The maximum absolute atomic E-state index is 12.6. The van der Waals surface area contributed by atoms with Crippen molar-refractivity contribution in [1.29, 1.82) is 0 Å². The normalized spacial score (nSPS) is 21.2. The van der Waals surface area contributed by atoms with Crippen molar-refractivity contribution >= 4 is 11.9 Å². The summed E-state index contributed by atoms with van der Waals surface area (Å²) in [4.78, 5) is 28.5. The fraction of sp³-hybridized carbons (Fsp3) is 0.316. The van der Waals surface area contributed by atoms with Crippen LogP contribution in [-0.2, 0) is 20.9 Å². The molecule has 1 fully saturated rings. The van der Waals surface area contributed by atoms with Crippen molar-refractivity contribution in [2.75, 3.05) is 13.2 Å². The Balaban J connectivity index is 1.50. The number of nitrogens with zero attached hydrogens (tertiary/aromatic N) is 1. The van der Waals surface area contributed by atoms with Crippen molar-refractivity contribution < 1.29 is 23.8 Å². The van der Waals surface area contributed by atoms with Crippen LogP contribution < -0.4 is 14.8 Å². The molecule has 3 heterocycles. The van der Waals surface area contributed by atoms with Crippen molar-refractivity contribution in [3.8, 4) is 11.5 Å². The molecule has 1 amide bonds. The van der Waals surface area contributed by atoms with E-state index in [0.29, 0.717) is 31.3 Å². The summed E-state index contributed by atoms with van der Waals surface area (Å²) >= 11 is 0. The SMILES string of the molecule is O=C1C[C@@H](C(=O)NCc2cccnc2)[C@H](c2ccc3c(c2)OCCO3)O1. The smallest absolute Gasteiger partial charge is 0.307 e. The number of carbonyl (C=O) groups excluding carboxylic acids is 2. The Kier molecular flexibility index (Phi) is 4.43. The van der Waals surface area contributed by atoms with Gasteiger partial charge in [0, 0.05) is 18.9 Å². The molecule has 1 saturated heterocycles. The van der Waals surface area contributed by atoms with Gasteiger partial charge >= 0.3 is 5.97 Å². The van der Waals surface area contributed by atoms with Gasteiger partial charge in [-0.05, 0) is 29.3 Å². The molecule has 2 aliphatic rings. The molecule has 0 bridgehead atoms. The predicted molar refractivity (Wildman–Crippen MR) is 90.5 cm³/mol. The number of carbonyl (C=O) groups is 2. The number of esters is 1. The fourth-order valence-corrected chi connectivity index (χ4v) is 3.15. The number of benzene rings is 1. The fourth-order valence-electron chi connectivity index (χ4n) is 3.15. The van der Waals surface area contributed by atoms with E-state index in [1.54, 1.807) is 30.6 Å². The van der Waals surface area contributed by atoms with Crippen molar-refractivity contribution in [2.24, 2.45) is 5.92 Å². The van der Waals surface area contributed by atoms with Crippen LogP contribution in [0.4, 0.5) is 0 Å². The maximum atomic E-state index is 12.6. The third kappa shape index (κ3) is 3.33. The monoisotopic (exact) mass is 354 g/mol. The maximum Gasteiger partial charge on any atom is 0.307 e. The third-order valence-electron chi connectivity index (χ3n) is 4.43. The predicted octanol–water partition coefficient (Wildman–Crippen LogP) is 1.77. The summed E-state index contributed by atoms with van der Waals surface area (Å²) in [6.07, 6.45) is 2.78. The molecule has 7 nitrogen and oxygen atoms in total. The van der Waals surface area contributed by atoms with E-state index in [1.165, 1.54) is 0 Å². The first-order chi connectivity index (χ1) is 12.7. The number of hydrogen-bond acceptors (Lipinski definition) is 6. The number of pyridine rings is 1. The van der Waals surface area contributed by atoms with Crippen LogP contribution in [0.1, 0.15) is 23.7 Å². The van der Waals surface area contributed by atoms with Crippen LogP contribution in [0.15, 0.2) is 42.7 Å². The molecule has 0 aliphatic carbocycles. The lowest BCUT2D eigenvalue weighted by molar-refractivity contribution is -0.141. The largest absolute Gasteiger partial charge is 0.486 e. The second-order valence-electron chi connectivity index (χ2n) is 6.20. The highest BCUT2D eigenvalue weighted by atomic mass is 16.6. The van der Waals surface area contributed by atoms with Gasteiger partial charge in [-0.3, -0.25) is 14.6 Å². The Morgan fingerprint density at radius 3 is 2.85 bits per heavy atom. The summed E-state index contributed by atoms with van der Waals surface area (Å²) in [7, 11) is 0. The van der Waals surface area contributed by atoms with Gasteiger partial charge in [0.15, 0.2) is 11.5 Å². The van der Waals surface area contributed by atoms with Crippen LogP contribution >= 0.6 is 0 Å². The average Bonchev–Trinajstić information content (AvgIpc) is 3.08. The van der Waals surface area contributed by atoms with E-state index in [1.807, 2.05) is 12.1 Å².